The van der Waals surface area contributed by atoms with E-state index in [9.17, 15) is 22.8 Å². The largest absolute Gasteiger partial charge is 0.411 e. The average Bonchev–Trinajstić information content (AvgIpc) is 2.43. The summed E-state index contributed by atoms with van der Waals surface area (Å²) < 4.78 is 40.7. The van der Waals surface area contributed by atoms with Crippen molar-refractivity contribution in [2.24, 2.45) is 0 Å². The molecule has 128 valence electrons. The Labute approximate surface area is 132 Å². The monoisotopic (exact) mass is 332 g/mol. The molecule has 0 radical (unpaired) electrons. The van der Waals surface area contributed by atoms with E-state index >= 15 is 0 Å². The summed E-state index contributed by atoms with van der Waals surface area (Å²) in [5.41, 5.74) is 0.427. The maximum atomic E-state index is 12.1. The molecule has 1 aromatic rings. The van der Waals surface area contributed by atoms with Crippen molar-refractivity contribution >= 4 is 17.5 Å². The zero-order valence-corrected chi connectivity index (χ0v) is 13.0. The van der Waals surface area contributed by atoms with E-state index in [4.69, 9.17) is 0 Å². The molecule has 0 spiro atoms. The van der Waals surface area contributed by atoms with Gasteiger partial charge in [-0.15, -0.1) is 0 Å². The molecule has 0 saturated heterocycles. The standard InChI is InChI=1S/C15H19F3N2O3/c1-9(2)19-14(22)11-6-4-5-7-12(11)20-13(21)10(3)23-8-15(16,17)18/h4-7,9-10H,8H2,1-3H3,(H,19,22)(H,20,21). The number of anilines is 1. The second kappa shape index (κ2) is 7.96. The summed E-state index contributed by atoms with van der Waals surface area (Å²) in [6, 6.07) is 6.12. The van der Waals surface area contributed by atoms with Gasteiger partial charge in [0, 0.05) is 6.04 Å². The molecule has 1 unspecified atom stereocenters. The summed E-state index contributed by atoms with van der Waals surface area (Å²) in [6.45, 7) is 3.26. The highest BCUT2D eigenvalue weighted by Crippen LogP contribution is 2.18. The van der Waals surface area contributed by atoms with Crippen LogP contribution >= 0.6 is 0 Å². The lowest BCUT2D eigenvalue weighted by molar-refractivity contribution is -0.184. The first-order valence-corrected chi connectivity index (χ1v) is 6.99. The highest BCUT2D eigenvalue weighted by molar-refractivity contribution is 6.04. The van der Waals surface area contributed by atoms with E-state index < -0.39 is 24.8 Å². The molecule has 0 aliphatic rings. The lowest BCUT2D eigenvalue weighted by atomic mass is 10.1. The van der Waals surface area contributed by atoms with Gasteiger partial charge in [-0.1, -0.05) is 12.1 Å². The number of nitrogens with one attached hydrogen (secondary N) is 2. The Balaban J connectivity index is 2.76. The minimum absolute atomic E-state index is 0.0969. The molecule has 0 heterocycles. The number of alkyl halides is 3. The smallest absolute Gasteiger partial charge is 0.359 e. The van der Waals surface area contributed by atoms with Gasteiger partial charge >= 0.3 is 6.18 Å². The third kappa shape index (κ3) is 6.68. The van der Waals surface area contributed by atoms with Gasteiger partial charge in [-0.2, -0.15) is 13.2 Å². The van der Waals surface area contributed by atoms with Gasteiger partial charge in [-0.3, -0.25) is 9.59 Å². The van der Waals surface area contributed by atoms with Crippen LogP contribution in [0, 0.1) is 0 Å². The number of rotatable bonds is 6. The van der Waals surface area contributed by atoms with E-state index in [-0.39, 0.29) is 23.2 Å². The van der Waals surface area contributed by atoms with Gasteiger partial charge in [0.15, 0.2) is 0 Å². The molecule has 0 aromatic heterocycles. The van der Waals surface area contributed by atoms with Gasteiger partial charge < -0.3 is 15.4 Å². The van der Waals surface area contributed by atoms with Gasteiger partial charge in [0.25, 0.3) is 11.8 Å². The molecule has 0 aliphatic heterocycles. The summed E-state index contributed by atoms with van der Waals surface area (Å²) in [6.07, 6.45) is -5.82. The lowest BCUT2D eigenvalue weighted by Gasteiger charge is -2.17. The molecule has 2 amide bonds. The summed E-state index contributed by atoms with van der Waals surface area (Å²) in [5.74, 6) is -1.15. The van der Waals surface area contributed by atoms with Gasteiger partial charge in [-0.25, -0.2) is 0 Å². The first kappa shape index (κ1) is 19.0. The fourth-order valence-corrected chi connectivity index (χ4v) is 1.66. The molecule has 5 nitrogen and oxygen atoms in total. The molecule has 1 atom stereocenters. The van der Waals surface area contributed by atoms with Crippen LogP contribution in [-0.4, -0.2) is 36.7 Å². The topological polar surface area (TPSA) is 67.4 Å². The number of ether oxygens (including phenoxy) is 1. The molecule has 0 aliphatic carbocycles. The number of hydrogen-bond donors (Lipinski definition) is 2. The average molecular weight is 332 g/mol. The van der Waals surface area contributed by atoms with Crippen LogP contribution in [0.4, 0.5) is 18.9 Å². The van der Waals surface area contributed by atoms with Crippen molar-refractivity contribution < 1.29 is 27.5 Å². The van der Waals surface area contributed by atoms with Crippen LogP contribution in [-0.2, 0) is 9.53 Å². The van der Waals surface area contributed by atoms with Gasteiger partial charge in [0.1, 0.15) is 12.7 Å². The quantitative estimate of drug-likeness (QED) is 0.842. The fraction of sp³-hybridized carbons (Fsp3) is 0.467. The molecule has 23 heavy (non-hydrogen) atoms. The van der Waals surface area contributed by atoms with E-state index in [1.807, 2.05) is 0 Å². The Kier molecular flexibility index (Phi) is 6.56. The zero-order valence-electron chi connectivity index (χ0n) is 13.0. The van der Waals surface area contributed by atoms with E-state index in [1.54, 1.807) is 26.0 Å². The molecule has 1 aromatic carbocycles. The van der Waals surface area contributed by atoms with Crippen molar-refractivity contribution in [3.63, 3.8) is 0 Å². The molecule has 1 rings (SSSR count). The van der Waals surface area contributed by atoms with E-state index in [2.05, 4.69) is 15.4 Å². The Morgan fingerprint density at radius 3 is 2.35 bits per heavy atom. The number of benzene rings is 1. The van der Waals surface area contributed by atoms with Crippen molar-refractivity contribution in [2.75, 3.05) is 11.9 Å². The van der Waals surface area contributed by atoms with Crippen LogP contribution in [0.5, 0.6) is 0 Å². The number of carbonyl (C=O) groups excluding carboxylic acids is 2. The second-order valence-corrected chi connectivity index (χ2v) is 5.23. The van der Waals surface area contributed by atoms with Crippen LogP contribution in [0.1, 0.15) is 31.1 Å². The van der Waals surface area contributed by atoms with E-state index in [0.29, 0.717) is 0 Å². The summed E-state index contributed by atoms with van der Waals surface area (Å²) in [7, 11) is 0. The highest BCUT2D eigenvalue weighted by Gasteiger charge is 2.30. The minimum atomic E-state index is -4.51. The van der Waals surface area contributed by atoms with E-state index in [0.717, 1.165) is 0 Å². The van der Waals surface area contributed by atoms with Crippen LogP contribution in [0.2, 0.25) is 0 Å². The van der Waals surface area contributed by atoms with Crippen molar-refractivity contribution in [1.82, 2.24) is 5.32 Å². The lowest BCUT2D eigenvalue weighted by Crippen LogP contribution is -2.33. The van der Waals surface area contributed by atoms with E-state index in [1.165, 1.54) is 19.1 Å². The summed E-state index contributed by atoms with van der Waals surface area (Å²) in [5, 5.41) is 5.09. The Morgan fingerprint density at radius 1 is 1.17 bits per heavy atom. The number of amides is 2. The number of carbonyl (C=O) groups is 2. The Morgan fingerprint density at radius 2 is 1.78 bits per heavy atom. The molecule has 0 saturated carbocycles. The van der Waals surface area contributed by atoms with Crippen molar-refractivity contribution in [3.8, 4) is 0 Å². The Hall–Kier alpha value is -2.09. The van der Waals surface area contributed by atoms with Crippen molar-refractivity contribution in [1.29, 1.82) is 0 Å². The Bertz CT molecular complexity index is 559. The predicted molar refractivity (Wildman–Crippen MR) is 79.1 cm³/mol. The summed E-state index contributed by atoms with van der Waals surface area (Å²) >= 11 is 0. The van der Waals surface area contributed by atoms with Gasteiger partial charge in [-0.05, 0) is 32.9 Å². The van der Waals surface area contributed by atoms with Gasteiger partial charge in [0.2, 0.25) is 0 Å². The van der Waals surface area contributed by atoms with Crippen molar-refractivity contribution in [2.45, 2.75) is 39.1 Å². The molecular weight excluding hydrogens is 313 g/mol. The molecule has 2 N–H and O–H groups in total. The summed E-state index contributed by atoms with van der Waals surface area (Å²) in [4.78, 5) is 23.9. The maximum Gasteiger partial charge on any atom is 0.411 e. The normalized spacial score (nSPS) is 12.8. The fourth-order valence-electron chi connectivity index (χ4n) is 1.66. The predicted octanol–water partition coefficient (Wildman–Crippen LogP) is 2.73. The van der Waals surface area contributed by atoms with Gasteiger partial charge in [0.05, 0.1) is 11.3 Å². The first-order chi connectivity index (χ1) is 10.6. The highest BCUT2D eigenvalue weighted by atomic mass is 19.4. The third-order valence-electron chi connectivity index (χ3n) is 2.72. The first-order valence-electron chi connectivity index (χ1n) is 6.99. The van der Waals surface area contributed by atoms with Crippen LogP contribution < -0.4 is 10.6 Å². The van der Waals surface area contributed by atoms with Crippen LogP contribution in [0.3, 0.4) is 0 Å². The number of hydrogen-bond acceptors (Lipinski definition) is 3. The van der Waals surface area contributed by atoms with Crippen molar-refractivity contribution in [3.05, 3.63) is 29.8 Å². The molecule has 8 heteroatoms. The minimum Gasteiger partial charge on any atom is -0.359 e. The SMILES string of the molecule is CC(C)NC(=O)c1ccccc1NC(=O)C(C)OCC(F)(F)F. The molecule has 0 bridgehead atoms. The van der Waals surface area contributed by atoms with Crippen LogP contribution in [0.15, 0.2) is 24.3 Å². The molecule has 0 fully saturated rings. The van der Waals surface area contributed by atoms with Crippen LogP contribution in [0.25, 0.3) is 0 Å². The molecular formula is C15H19F3N2O3. The zero-order chi connectivity index (χ0) is 17.6. The second-order valence-electron chi connectivity index (χ2n) is 5.23. The maximum absolute atomic E-state index is 12.1. The number of halogens is 3. The third-order valence-corrected chi connectivity index (χ3v) is 2.72. The number of para-hydroxylation sites is 1.